The molecule has 1 fully saturated rings. The minimum atomic E-state index is -0.160. The monoisotopic (exact) mass is 277 g/mol. The summed E-state index contributed by atoms with van der Waals surface area (Å²) in [5.74, 6) is 0.716. The molecular formula is C17H24FNO. The summed E-state index contributed by atoms with van der Waals surface area (Å²) < 4.78 is 19.2. The molecule has 1 saturated carbocycles. The Balaban J connectivity index is 1.60. The molecule has 0 saturated heterocycles. The first kappa shape index (κ1) is 13.9. The van der Waals surface area contributed by atoms with E-state index in [4.69, 9.17) is 4.74 Å². The third-order valence-electron chi connectivity index (χ3n) is 4.91. The van der Waals surface area contributed by atoms with Crippen LogP contribution in [0.1, 0.15) is 45.1 Å². The number of halogens is 1. The van der Waals surface area contributed by atoms with E-state index in [-0.39, 0.29) is 11.9 Å². The number of hydrogen-bond acceptors (Lipinski definition) is 2. The maximum atomic E-state index is 13.2. The van der Waals surface area contributed by atoms with Gasteiger partial charge in [0, 0.05) is 18.0 Å². The Morgan fingerprint density at radius 2 is 2.25 bits per heavy atom. The average Bonchev–Trinajstić information content (AvgIpc) is 3.09. The van der Waals surface area contributed by atoms with Gasteiger partial charge < -0.3 is 10.1 Å². The first-order valence-electron chi connectivity index (χ1n) is 7.81. The van der Waals surface area contributed by atoms with Gasteiger partial charge in [-0.3, -0.25) is 0 Å². The zero-order valence-electron chi connectivity index (χ0n) is 12.4. The zero-order chi connectivity index (χ0) is 14.2. The highest BCUT2D eigenvalue weighted by Gasteiger charge is 2.49. The summed E-state index contributed by atoms with van der Waals surface area (Å²) in [4.78, 5) is 0. The van der Waals surface area contributed by atoms with E-state index in [1.165, 1.54) is 25.3 Å². The van der Waals surface area contributed by atoms with Crippen molar-refractivity contribution in [2.24, 2.45) is 5.41 Å². The van der Waals surface area contributed by atoms with E-state index >= 15 is 0 Å². The van der Waals surface area contributed by atoms with Crippen LogP contribution in [0.25, 0.3) is 0 Å². The van der Waals surface area contributed by atoms with Crippen LogP contribution in [0, 0.1) is 11.2 Å². The molecule has 3 rings (SSSR count). The normalized spacial score (nSPS) is 24.1. The molecule has 2 atom stereocenters. The van der Waals surface area contributed by atoms with Crippen LogP contribution >= 0.6 is 0 Å². The van der Waals surface area contributed by atoms with Gasteiger partial charge in [0.2, 0.25) is 0 Å². The fourth-order valence-corrected chi connectivity index (χ4v) is 3.41. The fourth-order valence-electron chi connectivity index (χ4n) is 3.41. The highest BCUT2D eigenvalue weighted by molar-refractivity contribution is 5.38. The number of ether oxygens (including phenoxy) is 1. The average molecular weight is 277 g/mol. The van der Waals surface area contributed by atoms with E-state index in [1.54, 1.807) is 12.1 Å². The van der Waals surface area contributed by atoms with Gasteiger partial charge in [-0.05, 0) is 62.8 Å². The van der Waals surface area contributed by atoms with E-state index in [0.29, 0.717) is 11.5 Å². The third-order valence-corrected chi connectivity index (χ3v) is 4.91. The second-order valence-electron chi connectivity index (χ2n) is 6.44. The largest absolute Gasteiger partial charge is 0.490 e. The van der Waals surface area contributed by atoms with Crippen LogP contribution < -0.4 is 10.1 Å². The molecule has 2 unspecified atom stereocenters. The van der Waals surface area contributed by atoms with Gasteiger partial charge in [0.15, 0.2) is 0 Å². The second-order valence-corrected chi connectivity index (χ2v) is 6.44. The lowest BCUT2D eigenvalue weighted by Gasteiger charge is -2.27. The molecule has 0 spiro atoms. The summed E-state index contributed by atoms with van der Waals surface area (Å²) in [6, 6.07) is 5.42. The molecule has 1 aliphatic carbocycles. The number of rotatable bonds is 6. The number of fused-ring (bicyclic) bond motifs is 1. The Labute approximate surface area is 120 Å². The molecule has 1 aromatic rings. The Morgan fingerprint density at radius 3 is 2.95 bits per heavy atom. The Morgan fingerprint density at radius 1 is 1.45 bits per heavy atom. The van der Waals surface area contributed by atoms with Crippen molar-refractivity contribution in [3.8, 4) is 5.75 Å². The van der Waals surface area contributed by atoms with Gasteiger partial charge >= 0.3 is 0 Å². The maximum Gasteiger partial charge on any atom is 0.123 e. The van der Waals surface area contributed by atoms with E-state index in [2.05, 4.69) is 19.2 Å². The number of benzene rings is 1. The Hall–Kier alpha value is -1.09. The van der Waals surface area contributed by atoms with Gasteiger partial charge in [0.05, 0.1) is 0 Å². The van der Waals surface area contributed by atoms with Crippen molar-refractivity contribution in [1.82, 2.24) is 5.32 Å². The maximum absolute atomic E-state index is 13.2. The number of hydrogen-bond donors (Lipinski definition) is 1. The van der Waals surface area contributed by atoms with E-state index in [1.807, 2.05) is 0 Å². The highest BCUT2D eigenvalue weighted by atomic mass is 19.1. The molecule has 1 heterocycles. The molecule has 0 aromatic heterocycles. The zero-order valence-corrected chi connectivity index (χ0v) is 12.4. The Kier molecular flexibility index (Phi) is 3.72. The quantitative estimate of drug-likeness (QED) is 0.856. The number of nitrogens with one attached hydrogen (secondary N) is 1. The van der Waals surface area contributed by atoms with Crippen molar-refractivity contribution in [2.75, 3.05) is 6.54 Å². The molecule has 3 heteroatoms. The minimum Gasteiger partial charge on any atom is -0.490 e. The predicted molar refractivity (Wildman–Crippen MR) is 78.6 cm³/mol. The van der Waals surface area contributed by atoms with Crippen molar-refractivity contribution < 1.29 is 9.13 Å². The van der Waals surface area contributed by atoms with Gasteiger partial charge in [-0.2, -0.15) is 0 Å². The van der Waals surface area contributed by atoms with Crippen LogP contribution in [0.4, 0.5) is 4.39 Å². The van der Waals surface area contributed by atoms with Gasteiger partial charge in [0.1, 0.15) is 17.7 Å². The molecule has 2 nitrogen and oxygen atoms in total. The summed E-state index contributed by atoms with van der Waals surface area (Å²) in [7, 11) is 0. The minimum absolute atomic E-state index is 0.160. The first-order chi connectivity index (χ1) is 9.63. The van der Waals surface area contributed by atoms with Crippen LogP contribution in [-0.2, 0) is 6.42 Å². The van der Waals surface area contributed by atoms with Crippen molar-refractivity contribution >= 4 is 0 Å². The van der Waals surface area contributed by atoms with E-state index < -0.39 is 0 Å². The molecule has 20 heavy (non-hydrogen) atoms. The molecule has 1 N–H and O–H groups in total. The molecule has 2 aliphatic rings. The fraction of sp³-hybridized carbons (Fsp3) is 0.647. The lowest BCUT2D eigenvalue weighted by Crippen LogP contribution is -2.38. The molecule has 0 radical (unpaired) electrons. The van der Waals surface area contributed by atoms with E-state index in [9.17, 15) is 4.39 Å². The smallest absolute Gasteiger partial charge is 0.123 e. The van der Waals surface area contributed by atoms with Crippen LogP contribution in [0.3, 0.4) is 0 Å². The second kappa shape index (κ2) is 5.36. The molecule has 0 amide bonds. The standard InChI is InChI=1S/C17H24FNO/c1-3-8-19-12(2)17(6-7-17)11-15-10-13-9-14(18)4-5-16(13)20-15/h4-5,9,12,15,19H,3,6-8,10-11H2,1-2H3. The lowest BCUT2D eigenvalue weighted by atomic mass is 9.89. The molecular weight excluding hydrogens is 253 g/mol. The predicted octanol–water partition coefficient (Wildman–Crippen LogP) is 3.69. The topological polar surface area (TPSA) is 21.3 Å². The van der Waals surface area contributed by atoms with Gasteiger partial charge in [-0.15, -0.1) is 0 Å². The summed E-state index contributed by atoms with van der Waals surface area (Å²) in [5.41, 5.74) is 1.43. The molecule has 1 aliphatic heterocycles. The summed E-state index contributed by atoms with van der Waals surface area (Å²) in [6.45, 7) is 5.58. The van der Waals surface area contributed by atoms with Crippen LogP contribution in [-0.4, -0.2) is 18.7 Å². The SMILES string of the molecule is CCCNC(C)C1(CC2Cc3cc(F)ccc3O2)CC1. The Bertz CT molecular complexity index is 484. The van der Waals surface area contributed by atoms with Gasteiger partial charge in [-0.25, -0.2) is 4.39 Å². The van der Waals surface area contributed by atoms with Crippen LogP contribution in [0.5, 0.6) is 5.75 Å². The molecule has 1 aromatic carbocycles. The summed E-state index contributed by atoms with van der Waals surface area (Å²) in [5, 5.41) is 3.62. The lowest BCUT2D eigenvalue weighted by molar-refractivity contribution is 0.168. The van der Waals surface area contributed by atoms with Crippen molar-refractivity contribution in [2.45, 2.75) is 58.1 Å². The first-order valence-corrected chi connectivity index (χ1v) is 7.81. The van der Waals surface area contributed by atoms with Gasteiger partial charge in [-0.1, -0.05) is 6.92 Å². The summed E-state index contributed by atoms with van der Waals surface area (Å²) in [6.07, 6.45) is 5.91. The van der Waals surface area contributed by atoms with Crippen molar-refractivity contribution in [3.63, 3.8) is 0 Å². The molecule has 110 valence electrons. The highest BCUT2D eigenvalue weighted by Crippen LogP contribution is 2.53. The summed E-state index contributed by atoms with van der Waals surface area (Å²) >= 11 is 0. The van der Waals surface area contributed by atoms with E-state index in [0.717, 1.165) is 30.7 Å². The molecule has 0 bridgehead atoms. The third kappa shape index (κ3) is 2.69. The van der Waals surface area contributed by atoms with Crippen LogP contribution in [0.2, 0.25) is 0 Å². The van der Waals surface area contributed by atoms with Crippen LogP contribution in [0.15, 0.2) is 18.2 Å². The van der Waals surface area contributed by atoms with Gasteiger partial charge in [0.25, 0.3) is 0 Å². The van der Waals surface area contributed by atoms with Crippen molar-refractivity contribution in [1.29, 1.82) is 0 Å². The van der Waals surface area contributed by atoms with Crippen molar-refractivity contribution in [3.05, 3.63) is 29.6 Å².